The van der Waals surface area contributed by atoms with E-state index >= 15 is 0 Å². The summed E-state index contributed by atoms with van der Waals surface area (Å²) in [4.78, 5) is 12.1. The third-order valence-electron chi connectivity index (χ3n) is 1.58. The van der Waals surface area contributed by atoms with Gasteiger partial charge in [-0.15, -0.1) is 0 Å². The molecule has 0 heterocycles. The lowest BCUT2D eigenvalue weighted by Gasteiger charge is -2.24. The smallest absolute Gasteiger partial charge is 0.0586 e. The van der Waals surface area contributed by atoms with E-state index < -0.39 is 12.0 Å². The fourth-order valence-electron chi connectivity index (χ4n) is 0.898. The molecule has 5 nitrogen and oxygen atoms in total. The zero-order valence-corrected chi connectivity index (χ0v) is 8.04. The number of hydrogen-bond donors (Lipinski definition) is 2. The Morgan fingerprint density at radius 3 is 2.33 bits per heavy atom. The highest BCUT2D eigenvalue weighted by Gasteiger charge is 2.10. The normalized spacial score (nSPS) is 12.3. The van der Waals surface area contributed by atoms with Crippen molar-refractivity contribution in [2.75, 3.05) is 20.6 Å². The summed E-state index contributed by atoms with van der Waals surface area (Å²) in [5, 5.41) is 10.5. The first-order chi connectivity index (χ1) is 5.09. The SMILES string of the molecule is CN(C)C(CCCN)C(=O)[O-].[NH4+]. The van der Waals surface area contributed by atoms with Crippen LogP contribution in [0, 0.1) is 0 Å². The van der Waals surface area contributed by atoms with Crippen molar-refractivity contribution in [3.8, 4) is 0 Å². The van der Waals surface area contributed by atoms with E-state index in [-0.39, 0.29) is 6.15 Å². The first-order valence-electron chi connectivity index (χ1n) is 3.67. The molecular formula is C7H19N3O2. The Balaban J connectivity index is 0. The van der Waals surface area contributed by atoms with Crippen LogP contribution in [0.15, 0.2) is 0 Å². The predicted octanol–water partition coefficient (Wildman–Crippen LogP) is -1.22. The number of rotatable bonds is 5. The summed E-state index contributed by atoms with van der Waals surface area (Å²) in [5.74, 6) is -1.02. The second kappa shape index (κ2) is 7.02. The summed E-state index contributed by atoms with van der Waals surface area (Å²) in [6, 6.07) is -0.501. The molecule has 12 heavy (non-hydrogen) atoms. The molecular weight excluding hydrogens is 158 g/mol. The maximum absolute atomic E-state index is 10.5. The van der Waals surface area contributed by atoms with E-state index in [1.54, 1.807) is 19.0 Å². The summed E-state index contributed by atoms with van der Waals surface area (Å²) >= 11 is 0. The zero-order chi connectivity index (χ0) is 8.85. The van der Waals surface area contributed by atoms with Gasteiger partial charge in [0.1, 0.15) is 0 Å². The average Bonchev–Trinajstić information content (AvgIpc) is 1.87. The number of likely N-dealkylation sites (N-methyl/N-ethyl adjacent to an activating group) is 1. The second-order valence-corrected chi connectivity index (χ2v) is 2.73. The van der Waals surface area contributed by atoms with Gasteiger partial charge in [-0.05, 0) is 33.5 Å². The Kier molecular flexibility index (Phi) is 8.14. The van der Waals surface area contributed by atoms with E-state index in [1.807, 2.05) is 0 Å². The van der Waals surface area contributed by atoms with Gasteiger partial charge in [0, 0.05) is 6.04 Å². The Morgan fingerprint density at radius 2 is 2.08 bits per heavy atom. The average molecular weight is 177 g/mol. The van der Waals surface area contributed by atoms with Crippen LogP contribution in [0.2, 0.25) is 0 Å². The molecule has 0 aromatic carbocycles. The number of carbonyl (C=O) groups is 1. The Morgan fingerprint density at radius 1 is 1.58 bits per heavy atom. The minimum atomic E-state index is -1.02. The molecule has 0 spiro atoms. The van der Waals surface area contributed by atoms with Crippen molar-refractivity contribution in [1.82, 2.24) is 11.1 Å². The number of quaternary nitrogens is 1. The van der Waals surface area contributed by atoms with E-state index in [4.69, 9.17) is 5.73 Å². The van der Waals surface area contributed by atoms with Gasteiger partial charge in [0.25, 0.3) is 0 Å². The Labute approximate surface area is 73.1 Å². The molecule has 1 atom stereocenters. The second-order valence-electron chi connectivity index (χ2n) is 2.73. The Bertz CT molecular complexity index is 128. The van der Waals surface area contributed by atoms with Crippen molar-refractivity contribution in [2.24, 2.45) is 5.73 Å². The van der Waals surface area contributed by atoms with Crippen LogP contribution in [0.3, 0.4) is 0 Å². The van der Waals surface area contributed by atoms with E-state index in [1.165, 1.54) is 0 Å². The molecule has 0 aliphatic heterocycles. The van der Waals surface area contributed by atoms with Crippen LogP contribution in [-0.4, -0.2) is 37.6 Å². The lowest BCUT2D eigenvalue weighted by Crippen LogP contribution is -2.44. The summed E-state index contributed by atoms with van der Waals surface area (Å²) in [6.45, 7) is 0.525. The quantitative estimate of drug-likeness (QED) is 0.549. The first kappa shape index (κ1) is 13.9. The minimum Gasteiger partial charge on any atom is -0.548 e. The molecule has 0 saturated heterocycles. The van der Waals surface area contributed by atoms with E-state index in [0.717, 1.165) is 6.42 Å². The molecule has 74 valence electrons. The lowest BCUT2D eigenvalue weighted by molar-refractivity contribution is -0.311. The minimum absolute atomic E-state index is 0. The molecule has 6 N–H and O–H groups in total. The number of carboxylic acid groups (broad SMARTS) is 1. The molecule has 0 radical (unpaired) electrons. The van der Waals surface area contributed by atoms with Crippen molar-refractivity contribution < 1.29 is 9.90 Å². The highest BCUT2D eigenvalue weighted by Crippen LogP contribution is 2.00. The lowest BCUT2D eigenvalue weighted by atomic mass is 10.1. The maximum atomic E-state index is 10.5. The highest BCUT2D eigenvalue weighted by atomic mass is 16.4. The van der Waals surface area contributed by atoms with Gasteiger partial charge in [-0.2, -0.15) is 0 Å². The number of hydrogen-bond acceptors (Lipinski definition) is 4. The van der Waals surface area contributed by atoms with Crippen molar-refractivity contribution in [3.05, 3.63) is 0 Å². The molecule has 0 aromatic heterocycles. The molecule has 1 unspecified atom stereocenters. The molecule has 0 aliphatic rings. The zero-order valence-electron chi connectivity index (χ0n) is 8.04. The number of nitrogens with zero attached hydrogens (tertiary/aromatic N) is 1. The number of nitrogens with two attached hydrogens (primary N) is 1. The van der Waals surface area contributed by atoms with Gasteiger partial charge in [0.15, 0.2) is 0 Å². The van der Waals surface area contributed by atoms with Gasteiger partial charge < -0.3 is 26.7 Å². The summed E-state index contributed by atoms with van der Waals surface area (Å²) in [5.41, 5.74) is 5.25. The number of aliphatic carboxylic acids is 1. The predicted molar refractivity (Wildman–Crippen MR) is 46.8 cm³/mol. The van der Waals surface area contributed by atoms with Gasteiger partial charge >= 0.3 is 0 Å². The highest BCUT2D eigenvalue weighted by molar-refractivity contribution is 5.70. The molecule has 0 amide bonds. The van der Waals surface area contributed by atoms with Crippen LogP contribution in [0.1, 0.15) is 12.8 Å². The van der Waals surface area contributed by atoms with Crippen molar-refractivity contribution >= 4 is 5.97 Å². The van der Waals surface area contributed by atoms with Crippen molar-refractivity contribution in [3.63, 3.8) is 0 Å². The molecule has 5 heteroatoms. The van der Waals surface area contributed by atoms with Crippen LogP contribution >= 0.6 is 0 Å². The first-order valence-corrected chi connectivity index (χ1v) is 3.67. The van der Waals surface area contributed by atoms with Gasteiger partial charge in [0.2, 0.25) is 0 Å². The van der Waals surface area contributed by atoms with Crippen LogP contribution in [0.4, 0.5) is 0 Å². The fourth-order valence-corrected chi connectivity index (χ4v) is 0.898. The van der Waals surface area contributed by atoms with E-state index in [0.29, 0.717) is 13.0 Å². The number of carboxylic acids is 1. The van der Waals surface area contributed by atoms with Crippen molar-refractivity contribution in [1.29, 1.82) is 0 Å². The summed E-state index contributed by atoms with van der Waals surface area (Å²) in [6.07, 6.45) is 1.28. The largest absolute Gasteiger partial charge is 0.548 e. The maximum Gasteiger partial charge on any atom is 0.0586 e. The summed E-state index contributed by atoms with van der Waals surface area (Å²) in [7, 11) is 3.44. The molecule has 0 aromatic rings. The van der Waals surface area contributed by atoms with Crippen LogP contribution in [0.5, 0.6) is 0 Å². The van der Waals surface area contributed by atoms with Crippen LogP contribution in [-0.2, 0) is 4.79 Å². The third kappa shape index (κ3) is 5.06. The van der Waals surface area contributed by atoms with Crippen molar-refractivity contribution in [2.45, 2.75) is 18.9 Å². The van der Waals surface area contributed by atoms with E-state index in [9.17, 15) is 9.90 Å². The monoisotopic (exact) mass is 177 g/mol. The van der Waals surface area contributed by atoms with Gasteiger partial charge in [0.05, 0.1) is 5.97 Å². The molecule has 0 bridgehead atoms. The Hall–Kier alpha value is -0.650. The molecule has 0 saturated carbocycles. The van der Waals surface area contributed by atoms with Gasteiger partial charge in [-0.1, -0.05) is 0 Å². The molecule has 0 aliphatic carbocycles. The van der Waals surface area contributed by atoms with Gasteiger partial charge in [-0.3, -0.25) is 0 Å². The van der Waals surface area contributed by atoms with Crippen LogP contribution in [0.25, 0.3) is 0 Å². The summed E-state index contributed by atoms with van der Waals surface area (Å²) < 4.78 is 0. The number of carbonyl (C=O) groups excluding carboxylic acids is 1. The molecule has 0 rings (SSSR count). The van der Waals surface area contributed by atoms with Crippen LogP contribution < -0.4 is 17.0 Å². The van der Waals surface area contributed by atoms with Gasteiger partial charge in [-0.25, -0.2) is 0 Å². The molecule has 0 fully saturated rings. The third-order valence-corrected chi connectivity index (χ3v) is 1.58. The fraction of sp³-hybridized carbons (Fsp3) is 0.857. The topological polar surface area (TPSA) is 106 Å². The standard InChI is InChI=1S/C7H16N2O2.H3N/c1-9(2)6(7(10)11)4-3-5-8;/h6H,3-5,8H2,1-2H3,(H,10,11);1H3. The van der Waals surface area contributed by atoms with E-state index in [2.05, 4.69) is 0 Å².